The molecule has 3 N–H and O–H groups in total. The second-order valence-electron chi connectivity index (χ2n) is 4.93. The molecule has 3 rings (SSSR count). The van der Waals surface area contributed by atoms with Crippen LogP contribution < -0.4 is 10.6 Å². The molecule has 1 amide bonds. The Morgan fingerprint density at radius 3 is 2.95 bits per heavy atom. The molecule has 1 aromatic carbocycles. The number of nitrogen functional groups attached to an aromatic ring is 1. The van der Waals surface area contributed by atoms with E-state index in [9.17, 15) is 9.59 Å². The van der Waals surface area contributed by atoms with Crippen LogP contribution in [0.15, 0.2) is 12.1 Å². The van der Waals surface area contributed by atoms with Gasteiger partial charge in [-0.2, -0.15) is 0 Å². The van der Waals surface area contributed by atoms with Crippen LogP contribution in [0.25, 0.3) is 10.2 Å². The lowest BCUT2D eigenvalue weighted by Crippen LogP contribution is -2.26. The summed E-state index contributed by atoms with van der Waals surface area (Å²) in [6.45, 7) is 2.11. The molecule has 6 nitrogen and oxygen atoms in total. The average molecular weight is 291 g/mol. The first kappa shape index (κ1) is 12.9. The lowest BCUT2D eigenvalue weighted by molar-refractivity contribution is -0.141. The summed E-state index contributed by atoms with van der Waals surface area (Å²) >= 11 is 1.36. The van der Waals surface area contributed by atoms with Crippen LogP contribution >= 0.6 is 11.3 Å². The summed E-state index contributed by atoms with van der Waals surface area (Å²) in [6, 6.07) is 3.81. The Labute approximate surface area is 118 Å². The number of aryl methyl sites for hydroxylation is 1. The predicted molar refractivity (Wildman–Crippen MR) is 76.9 cm³/mol. The Morgan fingerprint density at radius 2 is 2.30 bits per heavy atom. The third-order valence-electron chi connectivity index (χ3n) is 3.40. The lowest BCUT2D eigenvalue weighted by atomic mass is 10.1. The number of benzene rings is 1. The van der Waals surface area contributed by atoms with Crippen LogP contribution in [0.4, 0.5) is 10.8 Å². The van der Waals surface area contributed by atoms with Crippen LogP contribution in [0.3, 0.4) is 0 Å². The van der Waals surface area contributed by atoms with E-state index in [1.807, 2.05) is 19.1 Å². The number of anilines is 2. The quantitative estimate of drug-likeness (QED) is 0.876. The number of aliphatic carboxylic acids is 1. The normalized spacial score (nSPS) is 18.9. The number of carbonyl (C=O) groups excluding carboxylic acids is 1. The van der Waals surface area contributed by atoms with Gasteiger partial charge in [0.2, 0.25) is 5.91 Å². The Kier molecular flexibility index (Phi) is 2.86. The van der Waals surface area contributed by atoms with Gasteiger partial charge in [0.25, 0.3) is 0 Å². The van der Waals surface area contributed by atoms with Gasteiger partial charge in [0.05, 0.1) is 16.3 Å². The molecule has 1 aliphatic heterocycles. The zero-order chi connectivity index (χ0) is 14.4. The van der Waals surface area contributed by atoms with Gasteiger partial charge >= 0.3 is 5.97 Å². The van der Waals surface area contributed by atoms with E-state index in [-0.39, 0.29) is 18.9 Å². The zero-order valence-corrected chi connectivity index (χ0v) is 11.6. The van der Waals surface area contributed by atoms with Crippen LogP contribution in [0.2, 0.25) is 0 Å². The number of rotatable bonds is 2. The molecule has 1 unspecified atom stereocenters. The summed E-state index contributed by atoms with van der Waals surface area (Å²) in [7, 11) is 0. The van der Waals surface area contributed by atoms with Crippen LogP contribution in [-0.4, -0.2) is 28.5 Å². The molecule has 0 aliphatic carbocycles. The molecule has 20 heavy (non-hydrogen) atoms. The molecule has 7 heteroatoms. The van der Waals surface area contributed by atoms with Gasteiger partial charge in [-0.3, -0.25) is 9.59 Å². The van der Waals surface area contributed by atoms with Crippen molar-refractivity contribution in [2.75, 3.05) is 17.2 Å². The van der Waals surface area contributed by atoms with Crippen molar-refractivity contribution in [3.63, 3.8) is 0 Å². The van der Waals surface area contributed by atoms with Gasteiger partial charge < -0.3 is 15.7 Å². The fraction of sp³-hybridized carbons (Fsp3) is 0.308. The number of aromatic nitrogens is 1. The standard InChI is InChI=1S/C13H13N3O3S/c1-6-2-8(11-9(3-6)20-13(14)15-11)16-5-7(12(18)19)4-10(16)17/h2-3,7H,4-5H2,1H3,(H2,14,15)(H,18,19). The number of carboxylic acid groups (broad SMARTS) is 1. The molecule has 2 aromatic rings. The molecular weight excluding hydrogens is 278 g/mol. The topological polar surface area (TPSA) is 96.5 Å². The number of fused-ring (bicyclic) bond motifs is 1. The van der Waals surface area contributed by atoms with Crippen molar-refractivity contribution in [3.8, 4) is 0 Å². The van der Waals surface area contributed by atoms with E-state index in [0.29, 0.717) is 16.3 Å². The van der Waals surface area contributed by atoms with Gasteiger partial charge in [-0.15, -0.1) is 0 Å². The van der Waals surface area contributed by atoms with E-state index in [0.717, 1.165) is 10.3 Å². The molecule has 0 bridgehead atoms. The van der Waals surface area contributed by atoms with E-state index in [2.05, 4.69) is 4.98 Å². The van der Waals surface area contributed by atoms with Gasteiger partial charge in [-0.25, -0.2) is 4.98 Å². The SMILES string of the molecule is Cc1cc(N2CC(C(=O)O)CC2=O)c2nc(N)sc2c1. The lowest BCUT2D eigenvalue weighted by Gasteiger charge is -2.17. The Balaban J connectivity index is 2.10. The molecule has 1 atom stereocenters. The molecular formula is C13H13N3O3S. The number of nitrogens with two attached hydrogens (primary N) is 1. The highest BCUT2D eigenvalue weighted by atomic mass is 32.1. The van der Waals surface area contributed by atoms with Gasteiger partial charge in [0, 0.05) is 13.0 Å². The molecule has 0 saturated carbocycles. The minimum Gasteiger partial charge on any atom is -0.481 e. The van der Waals surface area contributed by atoms with Crippen molar-refractivity contribution in [1.82, 2.24) is 4.98 Å². The zero-order valence-electron chi connectivity index (χ0n) is 10.8. The van der Waals surface area contributed by atoms with Crippen LogP contribution in [-0.2, 0) is 9.59 Å². The second kappa shape index (κ2) is 4.45. The van der Waals surface area contributed by atoms with E-state index >= 15 is 0 Å². The fourth-order valence-electron chi connectivity index (χ4n) is 2.47. The highest BCUT2D eigenvalue weighted by Gasteiger charge is 2.36. The first-order valence-corrected chi connectivity index (χ1v) is 6.97. The van der Waals surface area contributed by atoms with Gasteiger partial charge in [-0.05, 0) is 24.6 Å². The van der Waals surface area contributed by atoms with Crippen molar-refractivity contribution >= 4 is 44.2 Å². The molecule has 104 valence electrons. The van der Waals surface area contributed by atoms with Gasteiger partial charge in [-0.1, -0.05) is 11.3 Å². The van der Waals surface area contributed by atoms with Crippen molar-refractivity contribution < 1.29 is 14.7 Å². The van der Waals surface area contributed by atoms with E-state index in [1.54, 1.807) is 0 Å². The number of thiazole rings is 1. The Bertz CT molecular complexity index is 725. The third-order valence-corrected chi connectivity index (χ3v) is 4.23. The largest absolute Gasteiger partial charge is 0.481 e. The van der Waals surface area contributed by atoms with E-state index in [4.69, 9.17) is 10.8 Å². The van der Waals surface area contributed by atoms with Crippen LogP contribution in [0, 0.1) is 12.8 Å². The maximum Gasteiger partial charge on any atom is 0.308 e. The average Bonchev–Trinajstić information content (AvgIpc) is 2.90. The maximum absolute atomic E-state index is 12.1. The molecule has 1 aliphatic rings. The number of carboxylic acids is 1. The summed E-state index contributed by atoms with van der Waals surface area (Å²) in [4.78, 5) is 28.9. The van der Waals surface area contributed by atoms with Crippen LogP contribution in [0.5, 0.6) is 0 Å². The minimum absolute atomic E-state index is 0.0321. The van der Waals surface area contributed by atoms with Crippen LogP contribution in [0.1, 0.15) is 12.0 Å². The fourth-order valence-corrected chi connectivity index (χ4v) is 3.33. The number of hydrogen-bond acceptors (Lipinski definition) is 5. The maximum atomic E-state index is 12.1. The van der Waals surface area contributed by atoms with Crippen molar-refractivity contribution in [1.29, 1.82) is 0 Å². The number of hydrogen-bond donors (Lipinski definition) is 2. The first-order valence-electron chi connectivity index (χ1n) is 6.15. The molecule has 0 radical (unpaired) electrons. The monoisotopic (exact) mass is 291 g/mol. The van der Waals surface area contributed by atoms with Gasteiger partial charge in [0.1, 0.15) is 5.52 Å². The Hall–Kier alpha value is -2.15. The summed E-state index contributed by atoms with van der Waals surface area (Å²) in [5.74, 6) is -1.78. The molecule has 1 fully saturated rings. The summed E-state index contributed by atoms with van der Waals surface area (Å²) in [5.41, 5.74) is 8.04. The molecule has 0 spiro atoms. The predicted octanol–water partition coefficient (Wildman–Crippen LogP) is 1.62. The molecule has 1 aromatic heterocycles. The highest BCUT2D eigenvalue weighted by Crippen LogP contribution is 2.35. The summed E-state index contributed by atoms with van der Waals surface area (Å²) in [6.07, 6.45) is 0.0321. The second-order valence-corrected chi connectivity index (χ2v) is 5.99. The van der Waals surface area contributed by atoms with Crippen molar-refractivity contribution in [2.45, 2.75) is 13.3 Å². The highest BCUT2D eigenvalue weighted by molar-refractivity contribution is 7.22. The Morgan fingerprint density at radius 1 is 1.55 bits per heavy atom. The van der Waals surface area contributed by atoms with Crippen molar-refractivity contribution in [2.24, 2.45) is 5.92 Å². The number of carbonyl (C=O) groups is 2. The third kappa shape index (κ3) is 2.00. The number of nitrogens with zero attached hydrogens (tertiary/aromatic N) is 2. The molecule has 2 heterocycles. The molecule has 1 saturated heterocycles. The smallest absolute Gasteiger partial charge is 0.308 e. The van der Waals surface area contributed by atoms with Gasteiger partial charge in [0.15, 0.2) is 5.13 Å². The van der Waals surface area contributed by atoms with E-state index in [1.165, 1.54) is 16.2 Å². The van der Waals surface area contributed by atoms with E-state index < -0.39 is 11.9 Å². The minimum atomic E-state index is -0.942. The number of amides is 1. The van der Waals surface area contributed by atoms with Crippen molar-refractivity contribution in [3.05, 3.63) is 17.7 Å². The first-order chi connectivity index (χ1) is 9.45. The summed E-state index contributed by atoms with van der Waals surface area (Å²) < 4.78 is 0.907. The summed E-state index contributed by atoms with van der Waals surface area (Å²) in [5, 5.41) is 9.49.